The van der Waals surface area contributed by atoms with Gasteiger partial charge in [0.1, 0.15) is 0 Å². The lowest BCUT2D eigenvalue weighted by molar-refractivity contribution is -0.118. The first-order valence-electron chi connectivity index (χ1n) is 10.1. The van der Waals surface area contributed by atoms with Crippen LogP contribution in [-0.4, -0.2) is 43.4 Å². The molecule has 0 fully saturated rings. The van der Waals surface area contributed by atoms with Crippen LogP contribution >= 0.6 is 23.4 Å². The molecule has 0 unspecified atom stereocenters. The fourth-order valence-corrected chi connectivity index (χ4v) is 4.57. The Labute approximate surface area is 193 Å². The van der Waals surface area contributed by atoms with E-state index < -0.39 is 0 Å². The molecule has 5 rings (SSSR count). The third kappa shape index (κ3) is 4.19. The Bertz CT molecular complexity index is 1410. The smallest absolute Gasteiger partial charge is 0.230 e. The van der Waals surface area contributed by atoms with E-state index in [9.17, 15) is 4.79 Å². The molecule has 0 spiro atoms. The Kier molecular flexibility index (Phi) is 5.79. The van der Waals surface area contributed by atoms with Crippen LogP contribution in [0.4, 0.5) is 0 Å². The first kappa shape index (κ1) is 20.5. The van der Waals surface area contributed by atoms with Gasteiger partial charge in [0, 0.05) is 34.1 Å². The number of nitrogens with one attached hydrogen (secondary N) is 2. The average molecular weight is 463 g/mol. The van der Waals surface area contributed by atoms with Gasteiger partial charge < -0.3 is 10.3 Å². The molecule has 9 heteroatoms. The third-order valence-electron chi connectivity index (χ3n) is 5.21. The number of thioether (sulfide) groups is 1. The van der Waals surface area contributed by atoms with E-state index in [0.717, 1.165) is 32.9 Å². The fraction of sp³-hybridized carbons (Fsp3) is 0.130. The minimum absolute atomic E-state index is 0.0691. The number of H-pyrrole nitrogens is 1. The number of fused-ring (bicyclic) bond motifs is 2. The van der Waals surface area contributed by atoms with Crippen molar-refractivity contribution in [2.75, 3.05) is 12.3 Å². The van der Waals surface area contributed by atoms with Gasteiger partial charge in [-0.2, -0.15) is 4.68 Å². The van der Waals surface area contributed by atoms with Crippen molar-refractivity contribution in [3.05, 3.63) is 77.4 Å². The van der Waals surface area contributed by atoms with Crippen LogP contribution in [0.15, 0.2) is 72.0 Å². The first-order valence-corrected chi connectivity index (χ1v) is 11.5. The van der Waals surface area contributed by atoms with E-state index in [0.29, 0.717) is 23.1 Å². The summed E-state index contributed by atoms with van der Waals surface area (Å²) in [4.78, 5) is 15.6. The highest BCUT2D eigenvalue weighted by molar-refractivity contribution is 7.99. The van der Waals surface area contributed by atoms with Crippen LogP contribution in [0.5, 0.6) is 0 Å². The molecule has 7 nitrogen and oxygen atoms in total. The summed E-state index contributed by atoms with van der Waals surface area (Å²) in [6, 6.07) is 19.8. The molecule has 32 heavy (non-hydrogen) atoms. The summed E-state index contributed by atoms with van der Waals surface area (Å²) in [5, 5.41) is 19.5. The second-order valence-corrected chi connectivity index (χ2v) is 8.64. The number of benzene rings is 3. The van der Waals surface area contributed by atoms with Crippen molar-refractivity contribution in [2.24, 2.45) is 0 Å². The van der Waals surface area contributed by atoms with Crippen molar-refractivity contribution in [3.8, 4) is 5.69 Å². The number of hydrogen-bond donors (Lipinski definition) is 2. The van der Waals surface area contributed by atoms with Gasteiger partial charge >= 0.3 is 0 Å². The summed E-state index contributed by atoms with van der Waals surface area (Å²) >= 11 is 7.42. The Balaban J connectivity index is 1.21. The summed E-state index contributed by atoms with van der Waals surface area (Å²) in [5.41, 5.74) is 3.04. The number of carbonyl (C=O) groups is 1. The molecule has 0 saturated carbocycles. The van der Waals surface area contributed by atoms with E-state index in [1.165, 1.54) is 11.8 Å². The zero-order valence-corrected chi connectivity index (χ0v) is 18.5. The summed E-state index contributed by atoms with van der Waals surface area (Å²) in [5.74, 6) is 0.158. The van der Waals surface area contributed by atoms with Gasteiger partial charge in [-0.1, -0.05) is 59.8 Å². The lowest BCUT2D eigenvalue weighted by Crippen LogP contribution is -2.27. The summed E-state index contributed by atoms with van der Waals surface area (Å²) in [6.07, 6.45) is 2.67. The van der Waals surface area contributed by atoms with Crippen molar-refractivity contribution in [3.63, 3.8) is 0 Å². The van der Waals surface area contributed by atoms with Crippen molar-refractivity contribution >= 4 is 50.9 Å². The number of nitrogens with zero attached hydrogens (tertiary/aromatic N) is 4. The number of amides is 1. The highest BCUT2D eigenvalue weighted by Gasteiger charge is 2.13. The monoisotopic (exact) mass is 462 g/mol. The molecule has 0 radical (unpaired) electrons. The highest BCUT2D eigenvalue weighted by Crippen LogP contribution is 2.25. The van der Waals surface area contributed by atoms with Crippen LogP contribution in [0.3, 0.4) is 0 Å². The zero-order chi connectivity index (χ0) is 21.9. The fourth-order valence-electron chi connectivity index (χ4n) is 3.69. The number of aromatic nitrogens is 5. The van der Waals surface area contributed by atoms with Gasteiger partial charge in [-0.05, 0) is 52.1 Å². The minimum atomic E-state index is -0.0691. The van der Waals surface area contributed by atoms with Gasteiger partial charge in [-0.15, -0.1) is 5.10 Å². The molecule has 1 amide bonds. The summed E-state index contributed by atoms with van der Waals surface area (Å²) < 4.78 is 1.68. The second-order valence-electron chi connectivity index (χ2n) is 7.26. The SMILES string of the molecule is O=C(CSc1nnnn1-c1cccc2ccccc12)NCCc1c[nH]c2ccc(Cl)cc12. The van der Waals surface area contributed by atoms with E-state index in [4.69, 9.17) is 11.6 Å². The van der Waals surface area contributed by atoms with Gasteiger partial charge in [0.05, 0.1) is 11.4 Å². The molecule has 2 heterocycles. The van der Waals surface area contributed by atoms with E-state index in [1.807, 2.05) is 66.9 Å². The van der Waals surface area contributed by atoms with Crippen molar-refractivity contribution in [1.29, 1.82) is 0 Å². The molecule has 160 valence electrons. The van der Waals surface area contributed by atoms with Crippen LogP contribution in [0.2, 0.25) is 5.02 Å². The van der Waals surface area contributed by atoms with Crippen molar-refractivity contribution in [2.45, 2.75) is 11.6 Å². The molecule has 3 aromatic carbocycles. The van der Waals surface area contributed by atoms with Crippen LogP contribution in [0.25, 0.3) is 27.4 Å². The molecule has 0 saturated heterocycles. The number of tetrazole rings is 1. The lowest BCUT2D eigenvalue weighted by Gasteiger charge is -2.08. The standard InChI is InChI=1S/C23H19ClN6OS/c24-17-8-9-20-19(12-17)16(13-26-20)10-11-25-22(31)14-32-23-27-28-29-30(23)21-7-3-5-15-4-1-2-6-18(15)21/h1-9,12-13,26H,10-11,14H2,(H,25,31). The quantitative estimate of drug-likeness (QED) is 0.350. The van der Waals surface area contributed by atoms with Crippen LogP contribution in [-0.2, 0) is 11.2 Å². The van der Waals surface area contributed by atoms with Gasteiger partial charge in [-0.25, -0.2) is 0 Å². The molecule has 5 aromatic rings. The van der Waals surface area contributed by atoms with Crippen LogP contribution in [0.1, 0.15) is 5.56 Å². The molecule has 2 N–H and O–H groups in total. The number of aromatic amines is 1. The first-order chi connectivity index (χ1) is 15.7. The van der Waals surface area contributed by atoms with E-state index >= 15 is 0 Å². The maximum atomic E-state index is 12.4. The van der Waals surface area contributed by atoms with E-state index in [2.05, 4.69) is 25.8 Å². The minimum Gasteiger partial charge on any atom is -0.361 e. The number of halogens is 1. The molecular formula is C23H19ClN6OS. The van der Waals surface area contributed by atoms with Crippen LogP contribution in [0, 0.1) is 0 Å². The molecule has 0 atom stereocenters. The summed E-state index contributed by atoms with van der Waals surface area (Å²) in [7, 11) is 0. The Morgan fingerprint density at radius 1 is 1.09 bits per heavy atom. The van der Waals surface area contributed by atoms with Crippen molar-refractivity contribution < 1.29 is 4.79 Å². The van der Waals surface area contributed by atoms with Gasteiger partial charge in [0.15, 0.2) is 0 Å². The highest BCUT2D eigenvalue weighted by atomic mass is 35.5. The van der Waals surface area contributed by atoms with Crippen molar-refractivity contribution in [1.82, 2.24) is 30.5 Å². The number of rotatable bonds is 7. The number of carbonyl (C=O) groups excluding carboxylic acids is 1. The maximum absolute atomic E-state index is 12.4. The maximum Gasteiger partial charge on any atom is 0.230 e. The zero-order valence-electron chi connectivity index (χ0n) is 17.0. The van der Waals surface area contributed by atoms with Gasteiger partial charge in [0.2, 0.25) is 11.1 Å². The molecule has 0 bridgehead atoms. The molecular weight excluding hydrogens is 444 g/mol. The topological polar surface area (TPSA) is 88.5 Å². The Hall–Kier alpha value is -3.36. The Morgan fingerprint density at radius 2 is 1.97 bits per heavy atom. The second kappa shape index (κ2) is 9.02. The van der Waals surface area contributed by atoms with Crippen LogP contribution < -0.4 is 5.32 Å². The molecule has 0 aliphatic heterocycles. The largest absolute Gasteiger partial charge is 0.361 e. The van der Waals surface area contributed by atoms with Gasteiger partial charge in [0.25, 0.3) is 0 Å². The average Bonchev–Trinajstić information content (AvgIpc) is 3.44. The Morgan fingerprint density at radius 3 is 2.91 bits per heavy atom. The predicted octanol–water partition coefficient (Wildman–Crippen LogP) is 4.40. The third-order valence-corrected chi connectivity index (χ3v) is 6.37. The van der Waals surface area contributed by atoms with E-state index in [-0.39, 0.29) is 11.7 Å². The normalized spacial score (nSPS) is 11.3. The lowest BCUT2D eigenvalue weighted by atomic mass is 10.1. The summed E-state index contributed by atoms with van der Waals surface area (Å²) in [6.45, 7) is 0.535. The molecule has 2 aromatic heterocycles. The number of hydrogen-bond acceptors (Lipinski definition) is 5. The predicted molar refractivity (Wildman–Crippen MR) is 127 cm³/mol. The van der Waals surface area contributed by atoms with E-state index in [1.54, 1.807) is 4.68 Å². The van der Waals surface area contributed by atoms with Gasteiger partial charge in [-0.3, -0.25) is 4.79 Å². The molecule has 0 aliphatic carbocycles. The molecule has 0 aliphatic rings.